The number of rotatable bonds is 4. The minimum Gasteiger partial charge on any atom is -0.344 e. The van der Waals surface area contributed by atoms with Gasteiger partial charge in [-0.2, -0.15) is 0 Å². The third-order valence-corrected chi connectivity index (χ3v) is 2.91. The highest BCUT2D eigenvalue weighted by atomic mass is 19.1. The molecule has 0 spiro atoms. The maximum absolute atomic E-state index is 13.3. The zero-order chi connectivity index (χ0) is 11.4. The number of nitrogens with one attached hydrogen (secondary N) is 1. The molecule has 2 rings (SSSR count). The topological polar surface area (TPSA) is 32.3 Å². The quantitative estimate of drug-likeness (QED) is 0.775. The number of amides is 1. The first-order chi connectivity index (χ1) is 7.79. The largest absolute Gasteiger partial charge is 0.344 e. The van der Waals surface area contributed by atoms with Crippen LogP contribution in [0.2, 0.25) is 0 Å². The van der Waals surface area contributed by atoms with Crippen LogP contribution < -0.4 is 5.32 Å². The van der Waals surface area contributed by atoms with Crippen molar-refractivity contribution >= 4 is 6.41 Å². The Morgan fingerprint density at radius 1 is 1.50 bits per heavy atom. The fourth-order valence-corrected chi connectivity index (χ4v) is 1.95. The van der Waals surface area contributed by atoms with Crippen LogP contribution in [0.25, 0.3) is 0 Å². The first-order valence-electron chi connectivity index (χ1n) is 5.45. The summed E-state index contributed by atoms with van der Waals surface area (Å²) in [6.07, 6.45) is 1.80. The molecule has 0 saturated carbocycles. The number of halogens is 1. The second kappa shape index (κ2) is 5.07. The van der Waals surface area contributed by atoms with Gasteiger partial charge in [-0.25, -0.2) is 4.39 Å². The predicted octanol–water partition coefficient (Wildman–Crippen LogP) is 1.15. The van der Waals surface area contributed by atoms with Crippen molar-refractivity contribution in [3.8, 4) is 0 Å². The summed E-state index contributed by atoms with van der Waals surface area (Å²) in [5.74, 6) is -0.180. The van der Waals surface area contributed by atoms with Gasteiger partial charge in [-0.1, -0.05) is 18.2 Å². The summed E-state index contributed by atoms with van der Waals surface area (Å²) >= 11 is 0. The summed E-state index contributed by atoms with van der Waals surface area (Å²) in [4.78, 5) is 12.3. The van der Waals surface area contributed by atoms with Gasteiger partial charge in [-0.3, -0.25) is 4.79 Å². The van der Waals surface area contributed by atoms with Gasteiger partial charge >= 0.3 is 0 Å². The van der Waals surface area contributed by atoms with E-state index in [1.165, 1.54) is 6.07 Å². The third kappa shape index (κ3) is 2.58. The molecule has 0 bridgehead atoms. The molecule has 1 saturated heterocycles. The van der Waals surface area contributed by atoms with Crippen LogP contribution in [-0.2, 0) is 11.3 Å². The number of nitrogens with zero attached hydrogens (tertiary/aromatic N) is 1. The van der Waals surface area contributed by atoms with Crippen molar-refractivity contribution in [2.24, 2.45) is 0 Å². The number of hydrogen-bond acceptors (Lipinski definition) is 2. The van der Waals surface area contributed by atoms with E-state index in [0.717, 1.165) is 25.9 Å². The highest BCUT2D eigenvalue weighted by Crippen LogP contribution is 2.10. The van der Waals surface area contributed by atoms with Crippen LogP contribution in [0, 0.1) is 5.82 Å². The molecule has 1 aromatic rings. The molecule has 0 aliphatic carbocycles. The van der Waals surface area contributed by atoms with Crippen molar-refractivity contribution in [2.75, 3.05) is 13.1 Å². The van der Waals surface area contributed by atoms with Crippen molar-refractivity contribution in [3.63, 3.8) is 0 Å². The zero-order valence-corrected chi connectivity index (χ0v) is 9.03. The minimum absolute atomic E-state index is 0.180. The van der Waals surface area contributed by atoms with E-state index in [2.05, 4.69) is 5.32 Å². The summed E-state index contributed by atoms with van der Waals surface area (Å²) in [6, 6.07) is 7.03. The van der Waals surface area contributed by atoms with Gasteiger partial charge in [0, 0.05) is 31.2 Å². The van der Waals surface area contributed by atoms with E-state index in [0.29, 0.717) is 12.1 Å². The molecule has 4 heteroatoms. The Bertz CT molecular complexity index is 370. The fraction of sp³-hybridized carbons (Fsp3) is 0.417. The van der Waals surface area contributed by atoms with Crippen LogP contribution in [-0.4, -0.2) is 30.4 Å². The fourth-order valence-electron chi connectivity index (χ4n) is 1.95. The summed E-state index contributed by atoms with van der Waals surface area (Å²) in [7, 11) is 0. The molecule has 0 aromatic heterocycles. The Kier molecular flexibility index (Phi) is 3.51. The summed E-state index contributed by atoms with van der Waals surface area (Å²) in [5.41, 5.74) is 0.673. The van der Waals surface area contributed by atoms with E-state index in [1.807, 2.05) is 6.07 Å². The summed E-state index contributed by atoms with van der Waals surface area (Å²) in [6.45, 7) is 2.03. The molecule has 1 N–H and O–H groups in total. The number of carbonyl (C=O) groups excluding carboxylic acids is 1. The zero-order valence-electron chi connectivity index (χ0n) is 9.03. The summed E-state index contributed by atoms with van der Waals surface area (Å²) in [5, 5.41) is 3.26. The van der Waals surface area contributed by atoms with Crippen LogP contribution in [0.4, 0.5) is 4.39 Å². The van der Waals surface area contributed by atoms with Crippen molar-refractivity contribution < 1.29 is 9.18 Å². The third-order valence-electron chi connectivity index (χ3n) is 2.91. The van der Waals surface area contributed by atoms with Gasteiger partial charge in [0.05, 0.1) is 0 Å². The highest BCUT2D eigenvalue weighted by molar-refractivity contribution is 5.47. The molecule has 1 aliphatic rings. The van der Waals surface area contributed by atoms with Gasteiger partial charge in [-0.15, -0.1) is 0 Å². The molecular weight excluding hydrogens is 207 g/mol. The van der Waals surface area contributed by atoms with Gasteiger partial charge in [0.25, 0.3) is 0 Å². The summed E-state index contributed by atoms with van der Waals surface area (Å²) < 4.78 is 13.3. The van der Waals surface area contributed by atoms with Gasteiger partial charge in [-0.05, 0) is 12.5 Å². The van der Waals surface area contributed by atoms with Crippen LogP contribution in [0.1, 0.15) is 12.0 Å². The molecule has 1 atom stereocenters. The Morgan fingerprint density at radius 2 is 2.31 bits per heavy atom. The molecule has 1 unspecified atom stereocenters. The van der Waals surface area contributed by atoms with Gasteiger partial charge in [0.2, 0.25) is 6.41 Å². The van der Waals surface area contributed by atoms with Crippen molar-refractivity contribution in [1.82, 2.24) is 10.2 Å². The monoisotopic (exact) mass is 222 g/mol. The lowest BCUT2D eigenvalue weighted by atomic mass is 10.2. The second-order valence-corrected chi connectivity index (χ2v) is 4.06. The van der Waals surface area contributed by atoms with E-state index in [9.17, 15) is 9.18 Å². The van der Waals surface area contributed by atoms with Crippen molar-refractivity contribution in [3.05, 3.63) is 35.6 Å². The lowest BCUT2D eigenvalue weighted by Crippen LogP contribution is -2.31. The molecule has 1 aromatic carbocycles. The lowest BCUT2D eigenvalue weighted by molar-refractivity contribution is -0.117. The van der Waals surface area contributed by atoms with E-state index >= 15 is 0 Å². The van der Waals surface area contributed by atoms with Gasteiger partial charge in [0.1, 0.15) is 5.82 Å². The van der Waals surface area contributed by atoms with E-state index < -0.39 is 0 Å². The normalized spacial score (nSPS) is 20.1. The smallest absolute Gasteiger partial charge is 0.209 e. The molecule has 1 amide bonds. The first kappa shape index (κ1) is 11.1. The van der Waals surface area contributed by atoms with Crippen molar-refractivity contribution in [1.29, 1.82) is 0 Å². The van der Waals surface area contributed by atoms with Crippen LogP contribution in [0.3, 0.4) is 0 Å². The Balaban J connectivity index is 1.84. The molecule has 1 aliphatic heterocycles. The van der Waals surface area contributed by atoms with Crippen molar-refractivity contribution in [2.45, 2.75) is 19.0 Å². The highest BCUT2D eigenvalue weighted by Gasteiger charge is 2.20. The Morgan fingerprint density at radius 3 is 3.00 bits per heavy atom. The molecule has 86 valence electrons. The number of likely N-dealkylation sites (tertiary alicyclic amines) is 1. The predicted molar refractivity (Wildman–Crippen MR) is 59.3 cm³/mol. The van der Waals surface area contributed by atoms with Gasteiger partial charge < -0.3 is 10.2 Å². The maximum atomic E-state index is 13.3. The number of carbonyl (C=O) groups is 1. The number of hydrogen-bond donors (Lipinski definition) is 1. The average Bonchev–Trinajstić information content (AvgIpc) is 2.76. The van der Waals surface area contributed by atoms with Gasteiger partial charge in [0.15, 0.2) is 0 Å². The molecular formula is C12H15FN2O. The minimum atomic E-state index is -0.180. The standard InChI is InChI=1S/C12H15FN2O/c13-12-4-2-1-3-10(12)7-14-11-5-6-15(8-11)9-16/h1-4,9,11,14H,5-8H2. The molecule has 16 heavy (non-hydrogen) atoms. The second-order valence-electron chi connectivity index (χ2n) is 4.06. The number of benzene rings is 1. The van der Waals surface area contributed by atoms with E-state index in [4.69, 9.17) is 0 Å². The van der Waals surface area contributed by atoms with E-state index in [-0.39, 0.29) is 11.9 Å². The van der Waals surface area contributed by atoms with E-state index in [1.54, 1.807) is 17.0 Å². The molecule has 1 heterocycles. The Hall–Kier alpha value is -1.42. The first-order valence-corrected chi connectivity index (χ1v) is 5.45. The average molecular weight is 222 g/mol. The van der Waals surface area contributed by atoms with Crippen LogP contribution in [0.15, 0.2) is 24.3 Å². The lowest BCUT2D eigenvalue weighted by Gasteiger charge is -2.13. The molecule has 3 nitrogen and oxygen atoms in total. The molecule has 0 radical (unpaired) electrons. The SMILES string of the molecule is O=CN1CCC(NCc2ccccc2F)C1. The van der Waals surface area contributed by atoms with Crippen LogP contribution in [0.5, 0.6) is 0 Å². The van der Waals surface area contributed by atoms with Crippen LogP contribution >= 0.6 is 0 Å². The Labute approximate surface area is 94.3 Å². The molecule has 1 fully saturated rings. The maximum Gasteiger partial charge on any atom is 0.209 e.